The molecule has 3 amide bonds. The maximum absolute atomic E-state index is 14.8. The number of amides is 3. The van der Waals surface area contributed by atoms with Crippen LogP contribution in [0.4, 0.5) is 4.39 Å². The van der Waals surface area contributed by atoms with Crippen LogP contribution < -0.4 is 10.6 Å². The number of pyridine rings is 1. The average Bonchev–Trinajstić information content (AvgIpc) is 3.32. The van der Waals surface area contributed by atoms with Crippen LogP contribution >= 0.6 is 0 Å². The second-order valence-electron chi connectivity index (χ2n) is 9.69. The first-order valence-corrected chi connectivity index (χ1v) is 13.0. The second-order valence-corrected chi connectivity index (χ2v) is 9.69. The molecule has 2 aromatic carbocycles. The van der Waals surface area contributed by atoms with Crippen molar-refractivity contribution in [2.45, 2.75) is 19.3 Å². The van der Waals surface area contributed by atoms with E-state index < -0.39 is 11.7 Å². The third-order valence-corrected chi connectivity index (χ3v) is 6.95. The normalized spacial score (nSPS) is 15.2. The molecule has 0 radical (unpaired) electrons. The molecule has 2 aromatic heterocycles. The minimum atomic E-state index is -0.581. The number of rotatable bonds is 1. The molecule has 4 aromatic rings. The lowest BCUT2D eigenvalue weighted by Gasteiger charge is -2.23. The molecule has 0 unspecified atom stereocenters. The molecule has 11 heteroatoms. The number of aromatic hydroxyl groups is 1. The number of fused-ring (bicyclic) bond motifs is 6. The van der Waals surface area contributed by atoms with Gasteiger partial charge in [0.15, 0.2) is 0 Å². The van der Waals surface area contributed by atoms with E-state index in [-0.39, 0.29) is 53.8 Å². The first kappa shape index (κ1) is 26.8. The van der Waals surface area contributed by atoms with E-state index >= 15 is 0 Å². The SMILES string of the molecule is Cn1ncc2ncc(C(=O)N3CCCC(=O)NCCc4ccc(O)c(c4)-c4cc(ccc4F)C(=O)NCC3)cc21. The summed E-state index contributed by atoms with van der Waals surface area (Å²) in [7, 11) is 1.77. The molecular weight excluding hydrogens is 515 g/mol. The number of aromatic nitrogens is 3. The van der Waals surface area contributed by atoms with Crippen molar-refractivity contribution in [1.29, 1.82) is 0 Å². The summed E-state index contributed by atoms with van der Waals surface area (Å²) in [5, 5.41) is 20.3. The lowest BCUT2D eigenvalue weighted by molar-refractivity contribution is -0.121. The first-order valence-electron chi connectivity index (χ1n) is 13.0. The molecule has 0 saturated heterocycles. The lowest BCUT2D eigenvalue weighted by atomic mass is 9.98. The summed E-state index contributed by atoms with van der Waals surface area (Å²) in [4.78, 5) is 44.8. The van der Waals surface area contributed by atoms with Crippen LogP contribution in [-0.2, 0) is 18.3 Å². The molecule has 3 heterocycles. The average molecular weight is 545 g/mol. The first-order chi connectivity index (χ1) is 19.3. The van der Waals surface area contributed by atoms with Crippen LogP contribution in [0.3, 0.4) is 0 Å². The van der Waals surface area contributed by atoms with Gasteiger partial charge in [0.05, 0.1) is 17.3 Å². The molecule has 0 spiro atoms. The van der Waals surface area contributed by atoms with Crippen molar-refractivity contribution in [1.82, 2.24) is 30.3 Å². The third kappa shape index (κ3) is 5.78. The van der Waals surface area contributed by atoms with Gasteiger partial charge in [0, 0.05) is 62.5 Å². The molecule has 10 nitrogen and oxygen atoms in total. The highest BCUT2D eigenvalue weighted by atomic mass is 19.1. The Bertz CT molecular complexity index is 1600. The van der Waals surface area contributed by atoms with E-state index in [0.717, 1.165) is 5.56 Å². The molecule has 0 aliphatic carbocycles. The zero-order valence-electron chi connectivity index (χ0n) is 22.0. The van der Waals surface area contributed by atoms with Gasteiger partial charge >= 0.3 is 0 Å². The maximum Gasteiger partial charge on any atom is 0.255 e. The van der Waals surface area contributed by atoms with Crippen molar-refractivity contribution in [2.24, 2.45) is 7.05 Å². The number of halogens is 1. The van der Waals surface area contributed by atoms with Gasteiger partial charge in [0.2, 0.25) is 5.91 Å². The van der Waals surface area contributed by atoms with Crippen LogP contribution in [0.15, 0.2) is 54.9 Å². The maximum atomic E-state index is 14.8. The number of hydrogen-bond acceptors (Lipinski definition) is 6. The third-order valence-electron chi connectivity index (χ3n) is 6.95. The Morgan fingerprint density at radius 1 is 0.975 bits per heavy atom. The van der Waals surface area contributed by atoms with E-state index in [1.165, 1.54) is 30.5 Å². The molecule has 0 saturated carbocycles. The molecule has 0 atom stereocenters. The van der Waals surface area contributed by atoms with E-state index in [1.807, 2.05) is 0 Å². The summed E-state index contributed by atoms with van der Waals surface area (Å²) in [6.45, 7) is 0.971. The number of benzene rings is 2. The number of aryl methyl sites for hydroxylation is 1. The van der Waals surface area contributed by atoms with Crippen molar-refractivity contribution in [3.63, 3.8) is 0 Å². The number of hydrogen-bond donors (Lipinski definition) is 3. The number of nitrogens with zero attached hydrogens (tertiary/aromatic N) is 4. The molecule has 40 heavy (non-hydrogen) atoms. The predicted octanol–water partition coefficient (Wildman–Crippen LogP) is 2.80. The highest BCUT2D eigenvalue weighted by molar-refractivity contribution is 5.97. The summed E-state index contributed by atoms with van der Waals surface area (Å²) >= 11 is 0. The van der Waals surface area contributed by atoms with Crippen LogP contribution in [0.1, 0.15) is 39.1 Å². The largest absolute Gasteiger partial charge is 0.507 e. The van der Waals surface area contributed by atoms with Crippen LogP contribution in [0.25, 0.3) is 22.2 Å². The number of carbonyl (C=O) groups is 3. The van der Waals surface area contributed by atoms with Gasteiger partial charge in [-0.15, -0.1) is 0 Å². The van der Waals surface area contributed by atoms with Gasteiger partial charge < -0.3 is 20.6 Å². The van der Waals surface area contributed by atoms with Crippen molar-refractivity contribution in [2.75, 3.05) is 26.2 Å². The highest BCUT2D eigenvalue weighted by Crippen LogP contribution is 2.33. The van der Waals surface area contributed by atoms with E-state index in [4.69, 9.17) is 0 Å². The van der Waals surface area contributed by atoms with E-state index in [1.54, 1.807) is 41.0 Å². The molecule has 206 valence electrons. The van der Waals surface area contributed by atoms with Gasteiger partial charge in [-0.2, -0.15) is 5.10 Å². The van der Waals surface area contributed by atoms with Crippen LogP contribution in [0, 0.1) is 5.82 Å². The lowest BCUT2D eigenvalue weighted by Crippen LogP contribution is -2.39. The number of phenolic OH excluding ortho intramolecular Hbond substituents is 1. The zero-order valence-corrected chi connectivity index (χ0v) is 22.0. The zero-order chi connectivity index (χ0) is 28.2. The van der Waals surface area contributed by atoms with Gasteiger partial charge in [0.25, 0.3) is 11.8 Å². The number of carbonyl (C=O) groups excluding carboxylic acids is 3. The topological polar surface area (TPSA) is 129 Å². The van der Waals surface area contributed by atoms with Crippen molar-refractivity contribution < 1.29 is 23.9 Å². The Morgan fingerprint density at radius 2 is 1.82 bits per heavy atom. The summed E-state index contributed by atoms with van der Waals surface area (Å²) in [6.07, 6.45) is 4.22. The van der Waals surface area contributed by atoms with Crippen LogP contribution in [0.5, 0.6) is 5.75 Å². The molecule has 1 aliphatic rings. The number of nitrogens with one attached hydrogen (secondary N) is 2. The Kier molecular flexibility index (Phi) is 7.72. The van der Waals surface area contributed by atoms with Gasteiger partial charge in [-0.05, 0) is 54.8 Å². The molecular formula is C29H29FN6O4. The monoisotopic (exact) mass is 544 g/mol. The van der Waals surface area contributed by atoms with Crippen molar-refractivity contribution >= 4 is 28.8 Å². The minimum Gasteiger partial charge on any atom is -0.507 e. The fraction of sp³-hybridized carbons (Fsp3) is 0.276. The summed E-state index contributed by atoms with van der Waals surface area (Å²) in [5.74, 6) is -1.58. The Balaban J connectivity index is 1.40. The summed E-state index contributed by atoms with van der Waals surface area (Å²) in [6, 6.07) is 10.5. The van der Waals surface area contributed by atoms with Gasteiger partial charge in [-0.1, -0.05) is 6.07 Å². The van der Waals surface area contributed by atoms with Crippen molar-refractivity contribution in [3.05, 3.63) is 77.4 Å². The van der Waals surface area contributed by atoms with Gasteiger partial charge in [-0.3, -0.25) is 24.0 Å². The molecule has 0 fully saturated rings. The molecule has 3 N–H and O–H groups in total. The second kappa shape index (κ2) is 11.5. The molecule has 4 bridgehead atoms. The van der Waals surface area contributed by atoms with Crippen molar-refractivity contribution in [3.8, 4) is 16.9 Å². The Morgan fingerprint density at radius 3 is 2.67 bits per heavy atom. The molecule has 5 rings (SSSR count). The fourth-order valence-electron chi connectivity index (χ4n) is 4.74. The van der Waals surface area contributed by atoms with Gasteiger partial charge in [0.1, 0.15) is 17.1 Å². The molecule has 1 aliphatic heterocycles. The summed E-state index contributed by atoms with van der Waals surface area (Å²) < 4.78 is 16.4. The smallest absolute Gasteiger partial charge is 0.255 e. The van der Waals surface area contributed by atoms with Crippen LogP contribution in [-0.4, -0.2) is 68.7 Å². The number of phenols is 1. The van der Waals surface area contributed by atoms with E-state index in [9.17, 15) is 23.9 Å². The van der Waals surface area contributed by atoms with E-state index in [2.05, 4.69) is 20.7 Å². The van der Waals surface area contributed by atoms with E-state index in [0.29, 0.717) is 42.5 Å². The quantitative estimate of drug-likeness (QED) is 0.338. The summed E-state index contributed by atoms with van der Waals surface area (Å²) in [5.41, 5.74) is 3.11. The standard InChI is InChI=1S/C29H29FN6O4/c1-35-25-15-20(16-33-24(25)17-34-35)29(40)36-11-2-3-27(38)31-9-8-18-4-7-26(37)22(13-18)21-14-19(5-6-23(21)30)28(39)32-10-12-36/h4-7,13-17,37H,2-3,8-12H2,1H3,(H,31,38)(H,32,39). The Labute approximate surface area is 229 Å². The highest BCUT2D eigenvalue weighted by Gasteiger charge is 2.20. The predicted molar refractivity (Wildman–Crippen MR) is 146 cm³/mol. The fourth-order valence-corrected chi connectivity index (χ4v) is 4.74. The minimum absolute atomic E-state index is 0.0898. The van der Waals surface area contributed by atoms with Crippen LogP contribution in [0.2, 0.25) is 0 Å². The van der Waals surface area contributed by atoms with Gasteiger partial charge in [-0.25, -0.2) is 4.39 Å². The Hall–Kier alpha value is -4.80.